The number of carboxylic acid groups (broad SMARTS) is 1. The third-order valence-corrected chi connectivity index (χ3v) is 5.12. The van der Waals surface area contributed by atoms with Crippen molar-refractivity contribution in [1.29, 1.82) is 0 Å². The first-order chi connectivity index (χ1) is 9.73. The predicted molar refractivity (Wildman–Crippen MR) is 64.5 cm³/mol. The molecule has 7 heteroatoms. The molecular formula is C14H16F2O5. The van der Waals surface area contributed by atoms with Gasteiger partial charge in [-0.05, 0) is 38.0 Å². The highest BCUT2D eigenvalue weighted by Gasteiger charge is 2.59. The standard InChI is InChI=1S/C14H16F2O5/c15-14(16,11(18)19)6-21-12(20)13-3-7-1-8(4-13)10(17)9(2-7)5-13/h7-9H,1-6H2,(H,18,19). The number of aliphatic carboxylic acids is 1. The lowest BCUT2D eigenvalue weighted by Crippen LogP contribution is -2.55. The van der Waals surface area contributed by atoms with Gasteiger partial charge in [0.1, 0.15) is 5.78 Å². The third kappa shape index (κ3) is 2.22. The van der Waals surface area contributed by atoms with Gasteiger partial charge in [0.05, 0.1) is 5.41 Å². The van der Waals surface area contributed by atoms with E-state index in [1.807, 2.05) is 0 Å². The number of rotatable bonds is 4. The van der Waals surface area contributed by atoms with E-state index >= 15 is 0 Å². The Bertz CT molecular complexity index is 497. The fraction of sp³-hybridized carbons (Fsp3) is 0.786. The topological polar surface area (TPSA) is 80.7 Å². The number of alkyl halides is 2. The van der Waals surface area contributed by atoms with E-state index in [0.29, 0.717) is 19.3 Å². The van der Waals surface area contributed by atoms with Crippen molar-refractivity contribution in [3.8, 4) is 0 Å². The number of carboxylic acids is 1. The molecular weight excluding hydrogens is 286 g/mol. The SMILES string of the molecule is O=C1C2CC3CC1CC(C(=O)OCC(F)(F)C(=O)O)(C3)C2. The Hall–Kier alpha value is -1.53. The molecule has 2 unspecified atom stereocenters. The smallest absolute Gasteiger partial charge is 0.378 e. The zero-order chi connectivity index (χ0) is 15.4. The van der Waals surface area contributed by atoms with Crippen LogP contribution in [0.25, 0.3) is 0 Å². The van der Waals surface area contributed by atoms with Gasteiger partial charge >= 0.3 is 17.9 Å². The van der Waals surface area contributed by atoms with Gasteiger partial charge in [0.25, 0.3) is 0 Å². The van der Waals surface area contributed by atoms with Crippen LogP contribution >= 0.6 is 0 Å². The molecule has 0 saturated heterocycles. The van der Waals surface area contributed by atoms with Gasteiger partial charge in [-0.3, -0.25) is 9.59 Å². The van der Waals surface area contributed by atoms with Crippen LogP contribution in [-0.2, 0) is 19.1 Å². The molecule has 0 heterocycles. The number of carbonyl (C=O) groups is 3. The van der Waals surface area contributed by atoms with Crippen molar-refractivity contribution in [2.75, 3.05) is 6.61 Å². The van der Waals surface area contributed by atoms with Gasteiger partial charge in [0.15, 0.2) is 6.61 Å². The normalized spacial score (nSPS) is 37.6. The highest BCUT2D eigenvalue weighted by Crippen LogP contribution is 2.59. The molecule has 0 aromatic rings. The van der Waals surface area contributed by atoms with Gasteiger partial charge in [0.2, 0.25) is 0 Å². The summed E-state index contributed by atoms with van der Waals surface area (Å²) in [7, 11) is 0. The summed E-state index contributed by atoms with van der Waals surface area (Å²) in [5.41, 5.74) is -0.862. The molecule has 5 nitrogen and oxygen atoms in total. The minimum Gasteiger partial charge on any atom is -0.477 e. The molecule has 4 aliphatic rings. The first kappa shape index (κ1) is 14.4. The Morgan fingerprint density at radius 1 is 1.24 bits per heavy atom. The molecule has 0 aliphatic heterocycles. The minimum absolute atomic E-state index is 0.163. The van der Waals surface area contributed by atoms with Crippen LogP contribution < -0.4 is 0 Å². The van der Waals surface area contributed by atoms with E-state index in [4.69, 9.17) is 5.11 Å². The molecule has 1 N–H and O–H groups in total. The van der Waals surface area contributed by atoms with E-state index in [1.54, 1.807) is 0 Å². The summed E-state index contributed by atoms with van der Waals surface area (Å²) < 4.78 is 30.6. The average Bonchev–Trinajstić information content (AvgIpc) is 2.41. The fourth-order valence-corrected chi connectivity index (χ4v) is 4.37. The van der Waals surface area contributed by atoms with Crippen LogP contribution in [0.2, 0.25) is 0 Å². The first-order valence-electron chi connectivity index (χ1n) is 7.06. The van der Waals surface area contributed by atoms with Crippen molar-refractivity contribution in [3.63, 3.8) is 0 Å². The van der Waals surface area contributed by atoms with E-state index < -0.39 is 29.9 Å². The molecule has 4 fully saturated rings. The first-order valence-corrected chi connectivity index (χ1v) is 7.06. The molecule has 0 amide bonds. The molecule has 4 rings (SSSR count). The van der Waals surface area contributed by atoms with Crippen LogP contribution in [0.15, 0.2) is 0 Å². The summed E-state index contributed by atoms with van der Waals surface area (Å²) in [4.78, 5) is 34.5. The van der Waals surface area contributed by atoms with Crippen LogP contribution in [-0.4, -0.2) is 35.4 Å². The van der Waals surface area contributed by atoms with E-state index in [9.17, 15) is 23.2 Å². The van der Waals surface area contributed by atoms with E-state index in [0.717, 1.165) is 12.8 Å². The quantitative estimate of drug-likeness (QED) is 0.799. The Labute approximate surface area is 119 Å². The largest absolute Gasteiger partial charge is 0.477 e. The van der Waals surface area contributed by atoms with Crippen LogP contribution in [0.3, 0.4) is 0 Å². The van der Waals surface area contributed by atoms with Gasteiger partial charge in [0, 0.05) is 11.8 Å². The summed E-state index contributed by atoms with van der Waals surface area (Å²) >= 11 is 0. The van der Waals surface area contributed by atoms with Gasteiger partial charge in [-0.2, -0.15) is 8.78 Å². The lowest BCUT2D eigenvalue weighted by atomic mass is 9.49. The number of carbonyl (C=O) groups excluding carboxylic acids is 2. The monoisotopic (exact) mass is 302 g/mol. The Morgan fingerprint density at radius 2 is 1.81 bits per heavy atom. The summed E-state index contributed by atoms with van der Waals surface area (Å²) in [6, 6.07) is 0. The van der Waals surface area contributed by atoms with Gasteiger partial charge in [-0.15, -0.1) is 0 Å². The minimum atomic E-state index is -4.08. The van der Waals surface area contributed by atoms with Gasteiger partial charge < -0.3 is 9.84 Å². The van der Waals surface area contributed by atoms with Crippen LogP contribution in [0.1, 0.15) is 32.1 Å². The number of hydrogen-bond donors (Lipinski definition) is 1. The maximum Gasteiger partial charge on any atom is 0.378 e. The highest BCUT2D eigenvalue weighted by atomic mass is 19.3. The Balaban J connectivity index is 1.71. The molecule has 0 aromatic heterocycles. The number of ketones is 1. The molecule has 4 bridgehead atoms. The lowest BCUT2D eigenvalue weighted by molar-refractivity contribution is -0.189. The fourth-order valence-electron chi connectivity index (χ4n) is 4.37. The van der Waals surface area contributed by atoms with E-state index in [1.165, 1.54) is 0 Å². The average molecular weight is 302 g/mol. The summed E-state index contributed by atoms with van der Waals surface area (Å²) in [6.07, 6.45) is 2.82. The molecule has 21 heavy (non-hydrogen) atoms. The van der Waals surface area contributed by atoms with Gasteiger partial charge in [-0.1, -0.05) is 0 Å². The van der Waals surface area contributed by atoms with Crippen molar-refractivity contribution in [2.24, 2.45) is 23.2 Å². The maximum absolute atomic E-state index is 13.0. The maximum atomic E-state index is 13.0. The number of esters is 1. The molecule has 116 valence electrons. The van der Waals surface area contributed by atoms with E-state index in [-0.39, 0.29) is 23.5 Å². The molecule has 0 radical (unpaired) electrons. The number of hydrogen-bond acceptors (Lipinski definition) is 4. The summed E-state index contributed by atoms with van der Waals surface area (Å²) in [5.74, 6) is -7.02. The summed E-state index contributed by atoms with van der Waals surface area (Å²) in [5, 5.41) is 8.34. The molecule has 0 aromatic carbocycles. The van der Waals surface area contributed by atoms with Crippen LogP contribution in [0.4, 0.5) is 8.78 Å². The van der Waals surface area contributed by atoms with Gasteiger partial charge in [-0.25, -0.2) is 4.79 Å². The van der Waals surface area contributed by atoms with Crippen LogP contribution in [0.5, 0.6) is 0 Å². The molecule has 4 aliphatic carbocycles. The van der Waals surface area contributed by atoms with Crippen molar-refractivity contribution < 1.29 is 33.0 Å². The number of halogens is 2. The molecule has 4 saturated carbocycles. The zero-order valence-corrected chi connectivity index (χ0v) is 11.3. The highest BCUT2D eigenvalue weighted by molar-refractivity contribution is 5.89. The van der Waals surface area contributed by atoms with E-state index in [2.05, 4.69) is 4.74 Å². The van der Waals surface area contributed by atoms with Crippen LogP contribution in [0, 0.1) is 23.2 Å². The zero-order valence-electron chi connectivity index (χ0n) is 11.3. The Kier molecular flexibility index (Phi) is 3.07. The number of Topliss-reactive ketones (excluding diaryl/α,β-unsaturated/α-hetero) is 1. The second-order valence-corrected chi connectivity index (χ2v) is 6.61. The van der Waals surface area contributed by atoms with Crippen molar-refractivity contribution in [3.05, 3.63) is 0 Å². The lowest BCUT2D eigenvalue weighted by Gasteiger charge is -2.53. The molecule has 0 spiro atoms. The van der Waals surface area contributed by atoms with Crippen molar-refractivity contribution in [1.82, 2.24) is 0 Å². The second kappa shape index (κ2) is 4.48. The Morgan fingerprint density at radius 3 is 2.33 bits per heavy atom. The van der Waals surface area contributed by atoms with Crippen molar-refractivity contribution in [2.45, 2.75) is 38.0 Å². The van der Waals surface area contributed by atoms with Crippen molar-refractivity contribution >= 4 is 17.7 Å². The predicted octanol–water partition coefficient (Wildman–Crippen LogP) is 1.64. The summed E-state index contributed by atoms with van der Waals surface area (Å²) in [6.45, 7) is -1.45. The third-order valence-electron chi connectivity index (χ3n) is 5.12. The second-order valence-electron chi connectivity index (χ2n) is 6.61. The number of ether oxygens (including phenoxy) is 1. The molecule has 2 atom stereocenters.